The number of hydrogen-bond acceptors (Lipinski definition) is 13. The molecule has 2 aromatic carbocycles. The summed E-state index contributed by atoms with van der Waals surface area (Å²) >= 11 is 0. The standard InChI is InChI=1S/C41H45NO13/c1-21-25(54-37(49)31(45)29(24-16-11-17-52-24)42-35(47)22-12-7-5-8-13-22)19-41(51)34(55-36(48)23-14-9-6-10-15-23)32-39(4,26(43)18-27-40(32,50)20-53-27)33(46)30(44)28(21)38(41,2)3/h5-17,25-27,29-32,34,43-45,50-51H,18-20H2,1-4H3,(H,42,47)/t25?,26?,27?,29?,30?,31?,32?,34?,39-,40?,41?/m1/s1. The Morgan fingerprint density at radius 1 is 0.909 bits per heavy atom. The van der Waals surface area contributed by atoms with Gasteiger partial charge in [0.05, 0.1) is 36.1 Å². The van der Waals surface area contributed by atoms with Crippen molar-refractivity contribution in [2.75, 3.05) is 6.61 Å². The van der Waals surface area contributed by atoms with Gasteiger partial charge in [-0.2, -0.15) is 0 Å². The second-order valence-corrected chi connectivity index (χ2v) is 15.8. The molecule has 3 fully saturated rings. The minimum atomic E-state index is -2.31. The van der Waals surface area contributed by atoms with Gasteiger partial charge < -0.3 is 49.5 Å². The van der Waals surface area contributed by atoms with Gasteiger partial charge in [0.2, 0.25) is 0 Å². The van der Waals surface area contributed by atoms with Gasteiger partial charge in [0.15, 0.2) is 11.9 Å². The van der Waals surface area contributed by atoms with Crippen LogP contribution in [0.15, 0.2) is 94.6 Å². The third-order valence-corrected chi connectivity index (χ3v) is 12.6. The summed E-state index contributed by atoms with van der Waals surface area (Å²) in [5.41, 5.74) is -7.33. The molecule has 4 aliphatic rings. The number of fused-ring (bicyclic) bond motifs is 5. The number of aliphatic hydroxyl groups excluding tert-OH is 3. The first kappa shape index (κ1) is 38.6. The van der Waals surface area contributed by atoms with Crippen LogP contribution in [0.5, 0.6) is 0 Å². The van der Waals surface area contributed by atoms with E-state index in [1.165, 1.54) is 44.4 Å². The molecule has 1 saturated heterocycles. The summed E-state index contributed by atoms with van der Waals surface area (Å²) in [4.78, 5) is 55.7. The van der Waals surface area contributed by atoms with E-state index in [9.17, 15) is 44.7 Å². The zero-order chi connectivity index (χ0) is 39.7. The zero-order valence-electron chi connectivity index (χ0n) is 30.7. The summed E-state index contributed by atoms with van der Waals surface area (Å²) in [5.74, 6) is -5.17. The van der Waals surface area contributed by atoms with Gasteiger partial charge in [-0.05, 0) is 61.4 Å². The molecule has 55 heavy (non-hydrogen) atoms. The van der Waals surface area contributed by atoms with Gasteiger partial charge in [-0.1, -0.05) is 50.2 Å². The van der Waals surface area contributed by atoms with Gasteiger partial charge >= 0.3 is 11.9 Å². The van der Waals surface area contributed by atoms with Crippen molar-refractivity contribution in [3.8, 4) is 0 Å². The molecule has 2 heterocycles. The van der Waals surface area contributed by atoms with Crippen LogP contribution in [0.1, 0.15) is 73.1 Å². The molecule has 14 nitrogen and oxygen atoms in total. The first-order valence-electron chi connectivity index (χ1n) is 18.2. The topological polar surface area (TPSA) is 222 Å². The summed E-state index contributed by atoms with van der Waals surface area (Å²) < 4.78 is 23.2. The molecule has 11 atom stereocenters. The highest BCUT2D eigenvalue weighted by Crippen LogP contribution is 2.63. The van der Waals surface area contributed by atoms with E-state index < -0.39 is 101 Å². The summed E-state index contributed by atoms with van der Waals surface area (Å²) in [6.45, 7) is 5.66. The number of aliphatic hydroxyl groups is 5. The lowest BCUT2D eigenvalue weighted by Gasteiger charge is -2.66. The molecule has 14 heteroatoms. The highest BCUT2D eigenvalue weighted by Gasteiger charge is 2.76. The number of ether oxygens (including phenoxy) is 3. The maximum Gasteiger partial charge on any atom is 0.338 e. The summed E-state index contributed by atoms with van der Waals surface area (Å²) in [5, 5.41) is 63.2. The van der Waals surface area contributed by atoms with Gasteiger partial charge in [0.25, 0.3) is 5.91 Å². The first-order valence-corrected chi connectivity index (χ1v) is 18.2. The Balaban J connectivity index is 1.31. The van der Waals surface area contributed by atoms with E-state index >= 15 is 0 Å². The summed E-state index contributed by atoms with van der Waals surface area (Å²) in [7, 11) is 0. The SMILES string of the molecule is CC1=C2C(O)C(=O)[C@]3(C)C(O)CC4OCC4(O)C3C(OC(=O)c3ccccc3)C(O)(CC1OC(=O)C(O)C(NC(=O)c1ccccc1)c1ccco1)C2(C)C. The molecule has 2 saturated carbocycles. The van der Waals surface area contributed by atoms with Crippen molar-refractivity contribution in [2.45, 2.75) is 94.4 Å². The maximum absolute atomic E-state index is 14.7. The number of esters is 2. The fourth-order valence-corrected chi connectivity index (χ4v) is 9.31. The van der Waals surface area contributed by atoms with Crippen molar-refractivity contribution < 1.29 is 63.3 Å². The van der Waals surface area contributed by atoms with E-state index in [-0.39, 0.29) is 41.1 Å². The molecule has 0 radical (unpaired) electrons. The smallest absolute Gasteiger partial charge is 0.338 e. The predicted molar refractivity (Wildman–Crippen MR) is 191 cm³/mol. The Kier molecular flexibility index (Phi) is 9.68. The molecule has 1 aliphatic heterocycles. The molecular weight excluding hydrogens is 714 g/mol. The van der Waals surface area contributed by atoms with Crippen molar-refractivity contribution >= 4 is 23.6 Å². The lowest BCUT2D eigenvalue weighted by Crippen LogP contribution is -2.81. The van der Waals surface area contributed by atoms with Gasteiger partial charge in [0.1, 0.15) is 41.3 Å². The molecule has 2 bridgehead atoms. The van der Waals surface area contributed by atoms with Crippen LogP contribution in [0.3, 0.4) is 0 Å². The monoisotopic (exact) mass is 759 g/mol. The second-order valence-electron chi connectivity index (χ2n) is 15.8. The van der Waals surface area contributed by atoms with Crippen LogP contribution in [-0.4, -0.2) is 104 Å². The van der Waals surface area contributed by atoms with Gasteiger partial charge in [-0.3, -0.25) is 9.59 Å². The maximum atomic E-state index is 14.7. The Morgan fingerprint density at radius 2 is 1.55 bits per heavy atom. The number of nitrogens with one attached hydrogen (secondary N) is 1. The summed E-state index contributed by atoms with van der Waals surface area (Å²) in [6.07, 6.45) is -9.13. The van der Waals surface area contributed by atoms with Crippen LogP contribution in [-0.2, 0) is 23.8 Å². The van der Waals surface area contributed by atoms with Crippen LogP contribution >= 0.6 is 0 Å². The molecule has 3 aromatic rings. The van der Waals surface area contributed by atoms with E-state index in [4.69, 9.17) is 18.6 Å². The number of furan rings is 1. The molecule has 1 amide bonds. The first-order chi connectivity index (χ1) is 26.0. The largest absolute Gasteiger partial charge is 0.467 e. The second kappa shape index (κ2) is 13.8. The molecule has 6 N–H and O–H groups in total. The van der Waals surface area contributed by atoms with E-state index in [2.05, 4.69) is 5.32 Å². The van der Waals surface area contributed by atoms with Gasteiger partial charge in [-0.15, -0.1) is 0 Å². The van der Waals surface area contributed by atoms with Crippen molar-refractivity contribution in [1.29, 1.82) is 0 Å². The minimum absolute atomic E-state index is 0.0342. The van der Waals surface area contributed by atoms with Crippen molar-refractivity contribution in [3.63, 3.8) is 0 Å². The van der Waals surface area contributed by atoms with Crippen LogP contribution < -0.4 is 5.32 Å². The minimum Gasteiger partial charge on any atom is -0.467 e. The molecule has 292 valence electrons. The molecule has 0 spiro atoms. The normalized spacial score (nSPS) is 34.7. The number of Topliss-reactive ketones (excluding diaryl/α,β-unsaturated/α-hetero) is 1. The number of benzene rings is 2. The Morgan fingerprint density at radius 3 is 2.13 bits per heavy atom. The number of amides is 1. The number of hydrogen-bond donors (Lipinski definition) is 6. The third kappa shape index (κ3) is 5.94. The number of ketones is 1. The lowest BCUT2D eigenvalue weighted by molar-refractivity contribution is -0.343. The van der Waals surface area contributed by atoms with Crippen molar-refractivity contribution in [2.24, 2.45) is 16.7 Å². The number of rotatable bonds is 8. The average molecular weight is 760 g/mol. The zero-order valence-corrected chi connectivity index (χ0v) is 30.7. The highest BCUT2D eigenvalue weighted by molar-refractivity contribution is 5.95. The number of carbonyl (C=O) groups is 4. The van der Waals surface area contributed by atoms with Crippen LogP contribution in [0.2, 0.25) is 0 Å². The van der Waals surface area contributed by atoms with E-state index in [1.807, 2.05) is 0 Å². The van der Waals surface area contributed by atoms with Crippen LogP contribution in [0.4, 0.5) is 0 Å². The predicted octanol–water partition coefficient (Wildman–Crippen LogP) is 2.19. The van der Waals surface area contributed by atoms with Gasteiger partial charge in [0, 0.05) is 29.7 Å². The molecule has 10 unspecified atom stereocenters. The molecule has 1 aromatic heterocycles. The fourth-order valence-electron chi connectivity index (χ4n) is 9.31. The van der Waals surface area contributed by atoms with Crippen LogP contribution in [0.25, 0.3) is 0 Å². The Labute approximate surface area is 316 Å². The summed E-state index contributed by atoms with van der Waals surface area (Å²) in [6, 6.07) is 17.5. The Bertz CT molecular complexity index is 2000. The van der Waals surface area contributed by atoms with Crippen molar-refractivity contribution in [1.82, 2.24) is 5.32 Å². The van der Waals surface area contributed by atoms with Crippen LogP contribution in [0, 0.1) is 16.7 Å². The van der Waals surface area contributed by atoms with E-state index in [0.717, 1.165) is 0 Å². The average Bonchev–Trinajstić information content (AvgIpc) is 3.71. The van der Waals surface area contributed by atoms with Crippen molar-refractivity contribution in [3.05, 3.63) is 107 Å². The third-order valence-electron chi connectivity index (χ3n) is 12.6. The highest BCUT2D eigenvalue weighted by atomic mass is 16.6. The number of carbonyl (C=O) groups excluding carboxylic acids is 4. The fraction of sp³-hybridized carbons (Fsp3) is 0.463. The van der Waals surface area contributed by atoms with E-state index in [1.54, 1.807) is 62.4 Å². The Hall–Kier alpha value is -4.70. The molecular formula is C41H45NO13. The molecule has 7 rings (SSSR count). The molecule has 3 aliphatic carbocycles. The quantitative estimate of drug-likeness (QED) is 0.143. The lowest BCUT2D eigenvalue weighted by atomic mass is 9.44. The van der Waals surface area contributed by atoms with E-state index in [0.29, 0.717) is 0 Å². The van der Waals surface area contributed by atoms with Gasteiger partial charge in [-0.25, -0.2) is 9.59 Å².